The number of halogens is 1. The predicted octanol–water partition coefficient (Wildman–Crippen LogP) is 4.21. The van der Waals surface area contributed by atoms with Gasteiger partial charge in [-0.25, -0.2) is 0 Å². The van der Waals surface area contributed by atoms with Crippen LogP contribution in [0, 0.1) is 5.92 Å². The van der Waals surface area contributed by atoms with Crippen molar-refractivity contribution >= 4 is 23.4 Å². The zero-order valence-electron chi connectivity index (χ0n) is 17.4. The molecule has 2 N–H and O–H groups in total. The first-order valence-electron chi connectivity index (χ1n) is 10.5. The Balaban J connectivity index is 1.71. The summed E-state index contributed by atoms with van der Waals surface area (Å²) < 4.78 is 0. The molecule has 160 valence electrons. The van der Waals surface area contributed by atoms with E-state index in [2.05, 4.69) is 5.32 Å². The molecule has 2 amide bonds. The van der Waals surface area contributed by atoms with E-state index in [4.69, 9.17) is 11.6 Å². The summed E-state index contributed by atoms with van der Waals surface area (Å²) in [5.41, 5.74) is 1.21. The molecule has 2 aromatic carbocycles. The fourth-order valence-corrected chi connectivity index (χ4v) is 4.22. The maximum atomic E-state index is 13.4. The molecule has 0 aliphatic carbocycles. The normalized spacial score (nSPS) is 18.3. The number of likely N-dealkylation sites (tertiary alicyclic amines) is 1. The van der Waals surface area contributed by atoms with Gasteiger partial charge in [-0.3, -0.25) is 9.59 Å². The van der Waals surface area contributed by atoms with Gasteiger partial charge in [-0.05, 0) is 42.9 Å². The Morgan fingerprint density at radius 2 is 1.80 bits per heavy atom. The number of nitrogens with one attached hydrogen (secondary N) is 1. The smallest absolute Gasteiger partial charge is 0.253 e. The topological polar surface area (TPSA) is 69.6 Å². The summed E-state index contributed by atoms with van der Waals surface area (Å²) in [5, 5.41) is 13.9. The van der Waals surface area contributed by atoms with Crippen LogP contribution in [0.15, 0.2) is 54.6 Å². The molecule has 0 radical (unpaired) electrons. The molecule has 0 aromatic heterocycles. The van der Waals surface area contributed by atoms with Gasteiger partial charge in [0.2, 0.25) is 5.91 Å². The van der Waals surface area contributed by atoms with Crippen LogP contribution < -0.4 is 5.32 Å². The van der Waals surface area contributed by atoms with E-state index < -0.39 is 12.1 Å². The molecule has 3 rings (SSSR count). The van der Waals surface area contributed by atoms with E-state index in [0.29, 0.717) is 23.6 Å². The molecular weight excluding hydrogens is 400 g/mol. The van der Waals surface area contributed by atoms with E-state index >= 15 is 0 Å². The van der Waals surface area contributed by atoms with Crippen LogP contribution in [0.2, 0.25) is 5.02 Å². The average Bonchev–Trinajstić information content (AvgIpc) is 3.20. The molecule has 0 spiro atoms. The predicted molar refractivity (Wildman–Crippen MR) is 118 cm³/mol. The van der Waals surface area contributed by atoms with Gasteiger partial charge >= 0.3 is 0 Å². The molecule has 2 aromatic rings. The van der Waals surface area contributed by atoms with Gasteiger partial charge in [-0.1, -0.05) is 67.9 Å². The lowest BCUT2D eigenvalue weighted by Crippen LogP contribution is -2.52. The van der Waals surface area contributed by atoms with Crippen molar-refractivity contribution in [3.8, 4) is 0 Å². The summed E-state index contributed by atoms with van der Waals surface area (Å²) >= 11 is 6.14. The van der Waals surface area contributed by atoms with Crippen LogP contribution in [0.5, 0.6) is 0 Å². The summed E-state index contributed by atoms with van der Waals surface area (Å²) in [6.07, 6.45) is 1.60. The van der Waals surface area contributed by atoms with Gasteiger partial charge in [0.05, 0.1) is 16.7 Å². The first kappa shape index (κ1) is 22.3. The quantitative estimate of drug-likeness (QED) is 0.694. The standard InChI is InChI=1S/C24H29ClN2O3/c1-16(2)22(26-23(29)19-12-6-7-13-20(19)25)24(30)27-14-8-11-18(27)15-21(28)17-9-4-3-5-10-17/h3-7,9-10,12-13,16,18,21-22,28H,8,11,14-15H2,1-2H3,(H,26,29)/t18-,21-,22+/m1/s1. The molecular formula is C24H29ClN2O3. The van der Waals surface area contributed by atoms with E-state index in [1.165, 1.54) is 0 Å². The number of hydrogen-bond donors (Lipinski definition) is 2. The lowest BCUT2D eigenvalue weighted by molar-refractivity contribution is -0.135. The number of rotatable bonds is 7. The van der Waals surface area contributed by atoms with Gasteiger partial charge in [0.1, 0.15) is 6.04 Å². The van der Waals surface area contributed by atoms with Crippen LogP contribution in [0.3, 0.4) is 0 Å². The fraction of sp³-hybridized carbons (Fsp3) is 0.417. The highest BCUT2D eigenvalue weighted by molar-refractivity contribution is 6.33. The third kappa shape index (κ3) is 5.21. The maximum absolute atomic E-state index is 13.4. The summed E-state index contributed by atoms with van der Waals surface area (Å²) in [4.78, 5) is 27.9. The monoisotopic (exact) mass is 428 g/mol. The molecule has 1 aliphatic rings. The minimum absolute atomic E-state index is 0.0498. The van der Waals surface area contributed by atoms with Crippen LogP contribution in [0.25, 0.3) is 0 Å². The third-order valence-electron chi connectivity index (χ3n) is 5.68. The third-order valence-corrected chi connectivity index (χ3v) is 6.01. The summed E-state index contributed by atoms with van der Waals surface area (Å²) in [6, 6.07) is 15.6. The van der Waals surface area contributed by atoms with Crippen molar-refractivity contribution in [2.75, 3.05) is 6.54 Å². The molecule has 3 atom stereocenters. The lowest BCUT2D eigenvalue weighted by atomic mass is 9.98. The number of amides is 2. The summed E-state index contributed by atoms with van der Waals surface area (Å²) in [6.45, 7) is 4.47. The lowest BCUT2D eigenvalue weighted by Gasteiger charge is -2.32. The van der Waals surface area contributed by atoms with Gasteiger partial charge in [-0.15, -0.1) is 0 Å². The van der Waals surface area contributed by atoms with E-state index in [0.717, 1.165) is 18.4 Å². The Bertz CT molecular complexity index is 872. The average molecular weight is 429 g/mol. The van der Waals surface area contributed by atoms with Gasteiger partial charge in [0.15, 0.2) is 0 Å². The molecule has 30 heavy (non-hydrogen) atoms. The number of aliphatic hydroxyl groups excluding tert-OH is 1. The van der Waals surface area contributed by atoms with Crippen molar-refractivity contribution in [3.05, 3.63) is 70.7 Å². The molecule has 0 saturated carbocycles. The molecule has 0 unspecified atom stereocenters. The number of benzene rings is 2. The van der Waals surface area contributed by atoms with Gasteiger partial charge < -0.3 is 15.3 Å². The fourth-order valence-electron chi connectivity index (χ4n) is 4.00. The molecule has 1 saturated heterocycles. The Kier molecular flexibility index (Phi) is 7.51. The Morgan fingerprint density at radius 1 is 1.13 bits per heavy atom. The highest BCUT2D eigenvalue weighted by Crippen LogP contribution is 2.28. The number of carbonyl (C=O) groups excluding carboxylic acids is 2. The number of aliphatic hydroxyl groups is 1. The highest BCUT2D eigenvalue weighted by Gasteiger charge is 2.36. The van der Waals surface area contributed by atoms with Crippen LogP contribution in [-0.2, 0) is 4.79 Å². The number of hydrogen-bond acceptors (Lipinski definition) is 3. The Labute approximate surface area is 183 Å². The van der Waals surface area contributed by atoms with Gasteiger partial charge in [-0.2, -0.15) is 0 Å². The Hall–Kier alpha value is -2.37. The number of carbonyl (C=O) groups is 2. The Morgan fingerprint density at radius 3 is 2.47 bits per heavy atom. The van der Waals surface area contributed by atoms with Crippen molar-refractivity contribution in [1.82, 2.24) is 10.2 Å². The largest absolute Gasteiger partial charge is 0.388 e. The molecule has 1 heterocycles. The highest BCUT2D eigenvalue weighted by atomic mass is 35.5. The summed E-state index contributed by atoms with van der Waals surface area (Å²) in [5.74, 6) is -0.537. The van der Waals surface area contributed by atoms with Crippen molar-refractivity contribution in [1.29, 1.82) is 0 Å². The van der Waals surface area contributed by atoms with Crippen molar-refractivity contribution < 1.29 is 14.7 Å². The second-order valence-corrected chi connectivity index (χ2v) is 8.57. The van der Waals surface area contributed by atoms with Crippen molar-refractivity contribution in [3.63, 3.8) is 0 Å². The minimum atomic E-state index is -0.650. The minimum Gasteiger partial charge on any atom is -0.388 e. The number of nitrogens with zero attached hydrogens (tertiary/aromatic N) is 1. The van der Waals surface area contributed by atoms with Crippen molar-refractivity contribution in [2.45, 2.75) is 51.3 Å². The second kappa shape index (κ2) is 10.1. The first-order chi connectivity index (χ1) is 14.4. The van der Waals surface area contributed by atoms with E-state index in [9.17, 15) is 14.7 Å². The summed E-state index contributed by atoms with van der Waals surface area (Å²) in [7, 11) is 0. The van der Waals surface area contributed by atoms with Crippen molar-refractivity contribution in [2.24, 2.45) is 5.92 Å². The molecule has 1 fully saturated rings. The van der Waals surface area contributed by atoms with Crippen LogP contribution in [0.4, 0.5) is 0 Å². The van der Waals surface area contributed by atoms with Gasteiger partial charge in [0, 0.05) is 12.6 Å². The molecule has 0 bridgehead atoms. The van der Waals surface area contributed by atoms with E-state index in [1.54, 1.807) is 24.3 Å². The maximum Gasteiger partial charge on any atom is 0.253 e. The zero-order chi connectivity index (χ0) is 21.7. The van der Waals surface area contributed by atoms with Crippen LogP contribution in [0.1, 0.15) is 55.1 Å². The first-order valence-corrected chi connectivity index (χ1v) is 10.8. The SMILES string of the molecule is CC(C)[C@H](NC(=O)c1ccccc1Cl)C(=O)N1CCC[C@@H]1C[C@@H](O)c1ccccc1. The second-order valence-electron chi connectivity index (χ2n) is 8.16. The van der Waals surface area contributed by atoms with Gasteiger partial charge in [0.25, 0.3) is 5.91 Å². The molecule has 6 heteroatoms. The molecule has 1 aliphatic heterocycles. The molecule has 5 nitrogen and oxygen atoms in total. The van der Waals surface area contributed by atoms with E-state index in [-0.39, 0.29) is 23.8 Å². The van der Waals surface area contributed by atoms with Crippen LogP contribution >= 0.6 is 11.6 Å². The van der Waals surface area contributed by atoms with E-state index in [1.807, 2.05) is 49.1 Å². The van der Waals surface area contributed by atoms with Crippen LogP contribution in [-0.4, -0.2) is 40.4 Å². The zero-order valence-corrected chi connectivity index (χ0v) is 18.2.